The minimum Gasteiger partial charge on any atom is -0.396 e. The van der Waals surface area contributed by atoms with Crippen LogP contribution in [0.5, 0.6) is 0 Å². The molecule has 3 rings (SSSR count). The van der Waals surface area contributed by atoms with Crippen LogP contribution in [0.4, 0.5) is 0 Å². The van der Waals surface area contributed by atoms with Crippen molar-refractivity contribution in [1.82, 2.24) is 9.88 Å². The summed E-state index contributed by atoms with van der Waals surface area (Å²) < 4.78 is 1.87. The fourth-order valence-electron chi connectivity index (χ4n) is 2.99. The average molecular weight is 338 g/mol. The maximum atomic E-state index is 12.7. The van der Waals surface area contributed by atoms with E-state index in [9.17, 15) is 14.7 Å². The zero-order chi connectivity index (χ0) is 18.0. The molecule has 130 valence electrons. The Morgan fingerprint density at radius 3 is 2.08 bits per heavy atom. The van der Waals surface area contributed by atoms with Gasteiger partial charge in [-0.25, -0.2) is 0 Å². The number of carbonyl (C=O) groups excluding carboxylic acids is 1. The van der Waals surface area contributed by atoms with Crippen molar-refractivity contribution in [3.05, 3.63) is 58.8 Å². The van der Waals surface area contributed by atoms with E-state index in [4.69, 9.17) is 0 Å². The van der Waals surface area contributed by atoms with Gasteiger partial charge in [0.15, 0.2) is 5.43 Å². The molecule has 0 bridgehead atoms. The molecule has 2 aromatic carbocycles. The van der Waals surface area contributed by atoms with Gasteiger partial charge in [0, 0.05) is 23.4 Å². The van der Waals surface area contributed by atoms with Crippen molar-refractivity contribution < 1.29 is 9.90 Å². The summed E-state index contributed by atoms with van der Waals surface area (Å²) in [5, 5.41) is 13.4. The van der Waals surface area contributed by atoms with Crippen LogP contribution < -0.4 is 10.7 Å². The molecule has 1 aromatic heterocycles. The predicted molar refractivity (Wildman–Crippen MR) is 99.6 cm³/mol. The molecule has 0 aliphatic rings. The van der Waals surface area contributed by atoms with Crippen molar-refractivity contribution in [3.8, 4) is 0 Å². The van der Waals surface area contributed by atoms with Gasteiger partial charge in [0.1, 0.15) is 6.54 Å². The molecule has 5 nitrogen and oxygen atoms in total. The van der Waals surface area contributed by atoms with Gasteiger partial charge in [-0.05, 0) is 37.1 Å². The van der Waals surface area contributed by atoms with Gasteiger partial charge in [-0.2, -0.15) is 0 Å². The minimum atomic E-state index is -0.147. The smallest absolute Gasteiger partial charge is 0.240 e. The summed E-state index contributed by atoms with van der Waals surface area (Å²) in [4.78, 5) is 25.2. The number of carbonyl (C=O) groups is 1. The van der Waals surface area contributed by atoms with Gasteiger partial charge in [-0.1, -0.05) is 31.2 Å². The summed E-state index contributed by atoms with van der Waals surface area (Å²) in [7, 11) is 0. The van der Waals surface area contributed by atoms with Crippen LogP contribution in [0, 0.1) is 5.92 Å². The van der Waals surface area contributed by atoms with Crippen LogP contribution in [0.15, 0.2) is 53.3 Å². The molecule has 3 aromatic rings. The maximum Gasteiger partial charge on any atom is 0.240 e. The van der Waals surface area contributed by atoms with Crippen molar-refractivity contribution in [1.29, 1.82) is 0 Å². The monoisotopic (exact) mass is 338 g/mol. The number of rotatable bonds is 5. The van der Waals surface area contributed by atoms with E-state index < -0.39 is 0 Å². The number of benzene rings is 2. The highest BCUT2D eigenvalue weighted by atomic mass is 16.3. The summed E-state index contributed by atoms with van der Waals surface area (Å²) in [6, 6.07) is 14.5. The molecule has 5 heteroatoms. The Bertz CT molecular complexity index is 917. The second-order valence-corrected chi connectivity index (χ2v) is 6.47. The van der Waals surface area contributed by atoms with Crippen LogP contribution >= 0.6 is 0 Å². The number of hydrogen-bond acceptors (Lipinski definition) is 3. The summed E-state index contributed by atoms with van der Waals surface area (Å²) in [5.74, 6) is -0.168. The van der Waals surface area contributed by atoms with Crippen molar-refractivity contribution in [2.45, 2.75) is 26.4 Å². The quantitative estimate of drug-likeness (QED) is 0.701. The Kier molecular flexibility index (Phi) is 4.86. The Balaban J connectivity index is 2.07. The first-order chi connectivity index (χ1) is 12.0. The number of hydrogen-bond donors (Lipinski definition) is 2. The van der Waals surface area contributed by atoms with E-state index in [1.165, 1.54) is 0 Å². The molecule has 0 fully saturated rings. The van der Waals surface area contributed by atoms with E-state index in [1.807, 2.05) is 54.8 Å². The first kappa shape index (κ1) is 17.2. The van der Waals surface area contributed by atoms with Gasteiger partial charge >= 0.3 is 0 Å². The third-order valence-corrected chi connectivity index (χ3v) is 4.71. The van der Waals surface area contributed by atoms with Crippen molar-refractivity contribution in [3.63, 3.8) is 0 Å². The number of aliphatic hydroxyl groups is 1. The normalized spacial score (nSPS) is 13.7. The molecule has 0 spiro atoms. The van der Waals surface area contributed by atoms with Crippen LogP contribution in [0.3, 0.4) is 0 Å². The number of nitrogens with one attached hydrogen (secondary N) is 1. The molecule has 0 saturated heterocycles. The fraction of sp³-hybridized carbons (Fsp3) is 0.300. The standard InChI is InChI=1S/C20H22N2O3/c1-13(12-23)14(2)21-19(24)11-22-17-9-5-3-7-15(17)20(25)16-8-4-6-10-18(16)22/h3-10,13-14,23H,11-12H2,1-2H3,(H,21,24). The van der Waals surface area contributed by atoms with Gasteiger partial charge < -0.3 is 15.0 Å². The maximum absolute atomic E-state index is 12.7. The van der Waals surface area contributed by atoms with Gasteiger partial charge in [0.25, 0.3) is 0 Å². The number of amides is 1. The molecule has 0 aliphatic carbocycles. The van der Waals surface area contributed by atoms with Crippen LogP contribution in [-0.4, -0.2) is 28.2 Å². The molecule has 2 unspecified atom stereocenters. The SMILES string of the molecule is CC(CO)C(C)NC(=O)Cn1c2ccccc2c(=O)c2ccccc21. The van der Waals surface area contributed by atoms with Crippen LogP contribution in [0.2, 0.25) is 0 Å². The van der Waals surface area contributed by atoms with Crippen molar-refractivity contribution in [2.75, 3.05) is 6.61 Å². The molecule has 0 radical (unpaired) electrons. The Morgan fingerprint density at radius 2 is 1.56 bits per heavy atom. The van der Waals surface area contributed by atoms with E-state index in [-0.39, 0.29) is 36.4 Å². The number of aliphatic hydroxyl groups excluding tert-OH is 1. The van der Waals surface area contributed by atoms with E-state index in [0.717, 1.165) is 11.0 Å². The Hall–Kier alpha value is -2.66. The first-order valence-electron chi connectivity index (χ1n) is 8.43. The van der Waals surface area contributed by atoms with Crippen molar-refractivity contribution in [2.24, 2.45) is 5.92 Å². The summed E-state index contributed by atoms with van der Waals surface area (Å²) in [6.45, 7) is 3.89. The van der Waals surface area contributed by atoms with E-state index >= 15 is 0 Å². The predicted octanol–water partition coefficient (Wildman–Crippen LogP) is 2.29. The van der Waals surface area contributed by atoms with Gasteiger partial charge in [-0.15, -0.1) is 0 Å². The lowest BCUT2D eigenvalue weighted by Crippen LogP contribution is -2.40. The lowest BCUT2D eigenvalue weighted by molar-refractivity contribution is -0.122. The third-order valence-electron chi connectivity index (χ3n) is 4.71. The Labute approximate surface area is 145 Å². The number of fused-ring (bicyclic) bond motifs is 2. The van der Waals surface area contributed by atoms with Crippen LogP contribution in [0.1, 0.15) is 13.8 Å². The van der Waals surface area contributed by atoms with E-state index in [0.29, 0.717) is 10.8 Å². The van der Waals surface area contributed by atoms with Gasteiger partial charge in [0.2, 0.25) is 5.91 Å². The highest BCUT2D eigenvalue weighted by Crippen LogP contribution is 2.19. The highest BCUT2D eigenvalue weighted by molar-refractivity contribution is 5.94. The number of para-hydroxylation sites is 2. The van der Waals surface area contributed by atoms with Gasteiger partial charge in [-0.3, -0.25) is 9.59 Å². The molecule has 1 heterocycles. The summed E-state index contributed by atoms with van der Waals surface area (Å²) in [6.07, 6.45) is 0. The van der Waals surface area contributed by atoms with Gasteiger partial charge in [0.05, 0.1) is 11.0 Å². The number of pyridine rings is 1. The molecular formula is C20H22N2O3. The molecular weight excluding hydrogens is 316 g/mol. The zero-order valence-electron chi connectivity index (χ0n) is 14.4. The topological polar surface area (TPSA) is 71.3 Å². The molecule has 1 amide bonds. The minimum absolute atomic E-state index is 0.0192. The second-order valence-electron chi connectivity index (χ2n) is 6.47. The van der Waals surface area contributed by atoms with Crippen molar-refractivity contribution >= 4 is 27.7 Å². The van der Waals surface area contributed by atoms with E-state index in [2.05, 4.69) is 5.32 Å². The lowest BCUT2D eigenvalue weighted by Gasteiger charge is -2.21. The molecule has 0 aliphatic heterocycles. The summed E-state index contributed by atoms with van der Waals surface area (Å²) in [5.41, 5.74) is 1.46. The van der Waals surface area contributed by atoms with Crippen LogP contribution in [0.25, 0.3) is 21.8 Å². The zero-order valence-corrected chi connectivity index (χ0v) is 14.4. The fourth-order valence-corrected chi connectivity index (χ4v) is 2.99. The second kappa shape index (κ2) is 7.07. The summed E-state index contributed by atoms with van der Waals surface area (Å²) >= 11 is 0. The molecule has 0 saturated carbocycles. The first-order valence-corrected chi connectivity index (χ1v) is 8.43. The molecule has 25 heavy (non-hydrogen) atoms. The number of nitrogens with zero attached hydrogens (tertiary/aromatic N) is 1. The van der Waals surface area contributed by atoms with E-state index in [1.54, 1.807) is 12.1 Å². The third kappa shape index (κ3) is 3.28. The van der Waals surface area contributed by atoms with Crippen LogP contribution in [-0.2, 0) is 11.3 Å². The molecule has 2 atom stereocenters. The number of aromatic nitrogens is 1. The largest absolute Gasteiger partial charge is 0.396 e. The Morgan fingerprint density at radius 1 is 1.04 bits per heavy atom. The average Bonchev–Trinajstić information content (AvgIpc) is 2.64. The highest BCUT2D eigenvalue weighted by Gasteiger charge is 2.16. The lowest BCUT2D eigenvalue weighted by atomic mass is 10.1. The molecule has 2 N–H and O–H groups in total.